The quantitative estimate of drug-likeness (QED) is 0.149. The number of carbonyl (C=O) groups is 4. The minimum atomic E-state index is -3.72. The first-order valence-electron chi connectivity index (χ1n) is 12.1. The van der Waals surface area contributed by atoms with E-state index < -0.39 is 47.5 Å². The van der Waals surface area contributed by atoms with Crippen LogP contribution in [-0.2, 0) is 19.2 Å². The van der Waals surface area contributed by atoms with Crippen LogP contribution in [0.1, 0.15) is 117 Å². The average Bonchev–Trinajstić information content (AvgIpc) is 2.75. The first-order valence-corrected chi connectivity index (χ1v) is 12.1. The molecule has 0 amide bonds. The van der Waals surface area contributed by atoms with E-state index in [9.17, 15) is 39.6 Å². The van der Waals surface area contributed by atoms with Crippen LogP contribution in [0.4, 0.5) is 0 Å². The van der Waals surface area contributed by atoms with Crippen molar-refractivity contribution in [1.82, 2.24) is 0 Å². The average molecular weight is 459 g/mol. The van der Waals surface area contributed by atoms with E-state index in [0.29, 0.717) is 12.8 Å². The molecule has 0 aliphatic carbocycles. The van der Waals surface area contributed by atoms with Gasteiger partial charge in [-0.2, -0.15) is 0 Å². The normalized spacial score (nSPS) is 15.0. The highest BCUT2D eigenvalue weighted by Crippen LogP contribution is 2.30. The minimum absolute atomic E-state index is 0.238. The predicted molar refractivity (Wildman–Crippen MR) is 120 cm³/mol. The van der Waals surface area contributed by atoms with Crippen molar-refractivity contribution in [3.05, 3.63) is 0 Å². The number of carboxylic acids is 2. The summed E-state index contributed by atoms with van der Waals surface area (Å²) in [4.78, 5) is 48.6. The van der Waals surface area contributed by atoms with Gasteiger partial charge in [-0.05, 0) is 12.8 Å². The molecule has 2 atom stereocenters. The van der Waals surface area contributed by atoms with E-state index >= 15 is 0 Å². The van der Waals surface area contributed by atoms with Crippen LogP contribution in [0.5, 0.6) is 0 Å². The van der Waals surface area contributed by atoms with Gasteiger partial charge < -0.3 is 20.4 Å². The number of ketones is 2. The summed E-state index contributed by atoms with van der Waals surface area (Å²) in [5.41, 5.74) is -7.45. The first-order chi connectivity index (χ1) is 15.1. The zero-order chi connectivity index (χ0) is 24.6. The van der Waals surface area contributed by atoms with E-state index in [1.54, 1.807) is 0 Å². The number of hydrogen-bond acceptors (Lipinski definition) is 6. The summed E-state index contributed by atoms with van der Waals surface area (Å²) in [7, 11) is 0. The Morgan fingerprint density at radius 2 is 0.750 bits per heavy atom. The predicted octanol–water partition coefficient (Wildman–Crippen LogP) is 4.04. The number of hydrogen-bond donors (Lipinski definition) is 4. The third kappa shape index (κ3) is 8.62. The van der Waals surface area contributed by atoms with Gasteiger partial charge in [0.25, 0.3) is 11.2 Å². The van der Waals surface area contributed by atoms with Gasteiger partial charge in [-0.25, -0.2) is 9.59 Å². The van der Waals surface area contributed by atoms with Gasteiger partial charge in [0.15, 0.2) is 11.6 Å². The lowest BCUT2D eigenvalue weighted by Gasteiger charge is -2.34. The summed E-state index contributed by atoms with van der Waals surface area (Å²) < 4.78 is 0. The lowest BCUT2D eigenvalue weighted by Crippen LogP contribution is -2.71. The van der Waals surface area contributed by atoms with Crippen molar-refractivity contribution in [2.75, 3.05) is 0 Å². The van der Waals surface area contributed by atoms with Crippen LogP contribution in [0, 0.1) is 0 Å². The molecule has 4 N–H and O–H groups in total. The van der Waals surface area contributed by atoms with Crippen molar-refractivity contribution in [3.8, 4) is 0 Å². The number of unbranched alkanes of at least 4 members (excludes halogenated alkanes) is 12. The molecule has 0 fully saturated rings. The molecule has 0 spiro atoms. The number of aliphatic carboxylic acids is 2. The number of rotatable bonds is 21. The highest BCUT2D eigenvalue weighted by Gasteiger charge is 2.68. The molecule has 32 heavy (non-hydrogen) atoms. The molecule has 0 bridgehead atoms. The fraction of sp³-hybridized carbons (Fsp3) is 0.833. The van der Waals surface area contributed by atoms with Crippen molar-refractivity contribution in [2.45, 2.75) is 128 Å². The Morgan fingerprint density at radius 3 is 1.00 bits per heavy atom. The van der Waals surface area contributed by atoms with Gasteiger partial charge in [0.2, 0.25) is 0 Å². The molecule has 0 aromatic carbocycles. The largest absolute Gasteiger partial charge is 0.479 e. The molecule has 0 heterocycles. The second-order valence-electron chi connectivity index (χ2n) is 8.62. The minimum Gasteiger partial charge on any atom is -0.479 e. The maximum Gasteiger partial charge on any atom is 0.347 e. The van der Waals surface area contributed by atoms with Crippen LogP contribution in [0.15, 0.2) is 0 Å². The third-order valence-electron chi connectivity index (χ3n) is 5.96. The zero-order valence-corrected chi connectivity index (χ0v) is 19.7. The molecule has 0 aromatic heterocycles. The maximum absolute atomic E-state index is 12.6. The SMILES string of the molecule is CCCCCCCCCC(=O)[C@@](O)(C(=O)O)[C@](O)(C(=O)O)C(=O)CCCCCCCCC. The Balaban J connectivity index is 5.07. The molecule has 8 nitrogen and oxygen atoms in total. The monoisotopic (exact) mass is 458 g/mol. The second-order valence-corrected chi connectivity index (χ2v) is 8.62. The van der Waals surface area contributed by atoms with E-state index in [0.717, 1.165) is 64.2 Å². The molecule has 0 saturated heterocycles. The maximum atomic E-state index is 12.6. The van der Waals surface area contributed by atoms with Crippen molar-refractivity contribution in [2.24, 2.45) is 0 Å². The molecule has 0 radical (unpaired) electrons. The Labute approximate surface area is 191 Å². The Morgan fingerprint density at radius 1 is 0.500 bits per heavy atom. The summed E-state index contributed by atoms with van der Waals surface area (Å²) in [5, 5.41) is 40.1. The van der Waals surface area contributed by atoms with Crippen molar-refractivity contribution in [3.63, 3.8) is 0 Å². The summed E-state index contributed by atoms with van der Waals surface area (Å²) in [5.74, 6) is -7.20. The number of carbonyl (C=O) groups excluding carboxylic acids is 2. The van der Waals surface area contributed by atoms with Gasteiger partial charge in [0.1, 0.15) is 0 Å². The second kappa shape index (κ2) is 15.9. The summed E-state index contributed by atoms with van der Waals surface area (Å²) in [6.45, 7) is 4.17. The number of aliphatic hydroxyl groups is 2. The molecule has 0 aliphatic rings. The van der Waals surface area contributed by atoms with Crippen LogP contribution in [0.2, 0.25) is 0 Å². The van der Waals surface area contributed by atoms with E-state index in [4.69, 9.17) is 0 Å². The van der Waals surface area contributed by atoms with Crippen LogP contribution in [0.3, 0.4) is 0 Å². The highest BCUT2D eigenvalue weighted by molar-refractivity contribution is 6.21. The van der Waals surface area contributed by atoms with Crippen LogP contribution in [-0.4, -0.2) is 55.1 Å². The van der Waals surface area contributed by atoms with E-state index in [1.165, 1.54) is 0 Å². The Bertz CT molecular complexity index is 551. The summed E-state index contributed by atoms with van der Waals surface area (Å²) in [6.07, 6.45) is 10.8. The Hall–Kier alpha value is -1.80. The van der Waals surface area contributed by atoms with Crippen LogP contribution in [0.25, 0.3) is 0 Å². The van der Waals surface area contributed by atoms with Gasteiger partial charge in [-0.15, -0.1) is 0 Å². The molecule has 0 rings (SSSR count). The third-order valence-corrected chi connectivity index (χ3v) is 5.96. The van der Waals surface area contributed by atoms with Gasteiger partial charge >= 0.3 is 11.9 Å². The lowest BCUT2D eigenvalue weighted by molar-refractivity contribution is -0.207. The summed E-state index contributed by atoms with van der Waals surface area (Å²) >= 11 is 0. The molecule has 0 aromatic rings. The van der Waals surface area contributed by atoms with Crippen LogP contribution < -0.4 is 0 Å². The number of Topliss-reactive ketones (excluding diaryl/α,β-unsaturated/α-hetero) is 2. The van der Waals surface area contributed by atoms with Gasteiger partial charge in [0, 0.05) is 12.8 Å². The molecule has 186 valence electrons. The van der Waals surface area contributed by atoms with E-state index in [-0.39, 0.29) is 12.8 Å². The molecule has 8 heteroatoms. The Kier molecular flexibility index (Phi) is 15.0. The fourth-order valence-corrected chi connectivity index (χ4v) is 3.80. The smallest absolute Gasteiger partial charge is 0.347 e. The topological polar surface area (TPSA) is 149 Å². The van der Waals surface area contributed by atoms with Gasteiger partial charge in [-0.1, -0.05) is 90.9 Å². The van der Waals surface area contributed by atoms with Gasteiger partial charge in [-0.3, -0.25) is 9.59 Å². The zero-order valence-electron chi connectivity index (χ0n) is 19.7. The summed E-state index contributed by atoms with van der Waals surface area (Å²) in [6, 6.07) is 0. The molecule has 0 aliphatic heterocycles. The molecular weight excluding hydrogens is 416 g/mol. The highest BCUT2D eigenvalue weighted by atomic mass is 16.5. The molecule has 0 unspecified atom stereocenters. The first kappa shape index (κ1) is 30.2. The van der Waals surface area contributed by atoms with Crippen molar-refractivity contribution in [1.29, 1.82) is 0 Å². The van der Waals surface area contributed by atoms with Crippen molar-refractivity contribution < 1.29 is 39.6 Å². The fourth-order valence-electron chi connectivity index (χ4n) is 3.80. The number of carboxylic acid groups (broad SMARTS) is 2. The van der Waals surface area contributed by atoms with Gasteiger partial charge in [0.05, 0.1) is 0 Å². The van der Waals surface area contributed by atoms with Crippen LogP contribution >= 0.6 is 0 Å². The van der Waals surface area contributed by atoms with E-state index in [2.05, 4.69) is 13.8 Å². The molecule has 0 saturated carbocycles. The van der Waals surface area contributed by atoms with E-state index in [1.807, 2.05) is 0 Å². The lowest BCUT2D eigenvalue weighted by atomic mass is 9.74. The molecular formula is C24H42O8. The van der Waals surface area contributed by atoms with Crippen molar-refractivity contribution >= 4 is 23.5 Å². The standard InChI is InChI=1S/C24H42O8/c1-3-5-7-9-11-13-15-17-19(25)23(31,21(27)28)24(32,22(29)30)20(26)18-16-14-12-10-8-6-4-2/h31-32H,3-18H2,1-2H3,(H,27,28)(H,29,30)/t23-,24-/m1/s1.